The summed E-state index contributed by atoms with van der Waals surface area (Å²) in [5.41, 5.74) is 12.6. The van der Waals surface area contributed by atoms with Crippen LogP contribution in [0.15, 0.2) is 205 Å². The molecule has 13 rings (SSSR count). The topological polar surface area (TPSA) is 22.2 Å². The molecule has 3 aromatic heterocycles. The zero-order valence-corrected chi connectivity index (χ0v) is 34.0. The van der Waals surface area contributed by atoms with Crippen LogP contribution in [0.2, 0.25) is 0 Å². The van der Waals surface area contributed by atoms with Crippen molar-refractivity contribution in [1.29, 1.82) is 0 Å². The van der Waals surface area contributed by atoms with E-state index in [4.69, 9.17) is 4.99 Å². The van der Waals surface area contributed by atoms with E-state index >= 15 is 0 Å². The standard InChI is InChI=1S/C57H37N3S/c1-3-14-36(15-4-1)41-26-29-46-55(35-41)61-54-25-13-24-50(60-52-32-39-18-9-7-16-37(39)30-47(52)48-31-38-17-8-10-19-40(38)33-53(48)60)56(58-57(46)54)42-27-28-45-44-22-11-12-23-49(44)59(51(45)34-42)43-20-5-2-6-21-43/h1-12,14-24,26-35H,13,25H2/b50-24+,58-56-. The molecular weight excluding hydrogens is 759 g/mol. The molecule has 0 saturated heterocycles. The highest BCUT2D eigenvalue weighted by atomic mass is 32.1. The zero-order chi connectivity index (χ0) is 40.0. The summed E-state index contributed by atoms with van der Waals surface area (Å²) < 4.78 is 6.20. The van der Waals surface area contributed by atoms with Crippen molar-refractivity contribution in [3.63, 3.8) is 0 Å². The van der Waals surface area contributed by atoms with Crippen LogP contribution in [-0.2, 0) is 6.42 Å². The first kappa shape index (κ1) is 34.3. The third kappa shape index (κ3) is 5.39. The number of hydrogen-bond acceptors (Lipinski definition) is 2. The van der Waals surface area contributed by atoms with Crippen molar-refractivity contribution in [2.24, 2.45) is 4.99 Å². The zero-order valence-electron chi connectivity index (χ0n) is 33.2. The van der Waals surface area contributed by atoms with E-state index in [1.807, 2.05) is 11.3 Å². The van der Waals surface area contributed by atoms with Gasteiger partial charge in [0.1, 0.15) is 0 Å². The Bertz CT molecular complexity index is 3710. The predicted octanol–water partition coefficient (Wildman–Crippen LogP) is 15.7. The largest absolute Gasteiger partial charge is 0.309 e. The Labute approximate surface area is 356 Å². The molecule has 286 valence electrons. The summed E-state index contributed by atoms with van der Waals surface area (Å²) in [6.07, 6.45) is 4.26. The van der Waals surface area contributed by atoms with Gasteiger partial charge >= 0.3 is 0 Å². The highest BCUT2D eigenvalue weighted by Gasteiger charge is 2.25. The summed E-state index contributed by atoms with van der Waals surface area (Å²) in [5.74, 6) is 0. The average molecular weight is 796 g/mol. The Morgan fingerprint density at radius 3 is 1.70 bits per heavy atom. The molecule has 12 aromatic rings. The Balaban J connectivity index is 1.12. The molecule has 9 aromatic carbocycles. The van der Waals surface area contributed by atoms with Gasteiger partial charge < -0.3 is 9.13 Å². The molecule has 0 spiro atoms. The molecule has 0 aliphatic carbocycles. The molecule has 61 heavy (non-hydrogen) atoms. The molecule has 0 bridgehead atoms. The van der Waals surface area contributed by atoms with Crippen molar-refractivity contribution in [1.82, 2.24) is 9.13 Å². The lowest BCUT2D eigenvalue weighted by molar-refractivity contribution is 1.02. The Hall–Kier alpha value is -7.53. The third-order valence-electron chi connectivity index (χ3n) is 12.7. The maximum atomic E-state index is 5.93. The first-order valence-electron chi connectivity index (χ1n) is 21.1. The number of rotatable bonds is 4. The van der Waals surface area contributed by atoms with Crippen molar-refractivity contribution >= 4 is 104 Å². The predicted molar refractivity (Wildman–Crippen MR) is 261 cm³/mol. The minimum atomic E-state index is 0.884. The van der Waals surface area contributed by atoms with E-state index in [-0.39, 0.29) is 0 Å². The first-order valence-corrected chi connectivity index (χ1v) is 21.9. The molecular formula is C57H37N3S. The van der Waals surface area contributed by atoms with Gasteiger partial charge in [-0.3, -0.25) is 0 Å². The van der Waals surface area contributed by atoms with Crippen molar-refractivity contribution in [3.05, 3.63) is 211 Å². The normalized spacial score (nSPS) is 15.0. The monoisotopic (exact) mass is 795 g/mol. The fourth-order valence-electron chi connectivity index (χ4n) is 9.87. The number of benzene rings is 9. The van der Waals surface area contributed by atoms with Gasteiger partial charge in [-0.05, 0) is 100 Å². The van der Waals surface area contributed by atoms with Crippen molar-refractivity contribution in [2.75, 3.05) is 0 Å². The van der Waals surface area contributed by atoms with Gasteiger partial charge in [-0.2, -0.15) is 0 Å². The van der Waals surface area contributed by atoms with Crippen LogP contribution in [0.3, 0.4) is 0 Å². The molecule has 1 aliphatic heterocycles. The van der Waals surface area contributed by atoms with E-state index in [9.17, 15) is 0 Å². The number of fused-ring (bicyclic) bond motifs is 11. The molecule has 0 saturated carbocycles. The maximum absolute atomic E-state index is 5.93. The molecule has 0 fully saturated rings. The number of nitrogens with zero attached hydrogens (tertiary/aromatic N) is 3. The Kier molecular flexibility index (Phi) is 7.60. The minimum absolute atomic E-state index is 0.884. The highest BCUT2D eigenvalue weighted by molar-refractivity contribution is 7.19. The quantitative estimate of drug-likeness (QED) is 0.169. The van der Waals surface area contributed by atoms with Crippen LogP contribution in [0.5, 0.6) is 0 Å². The van der Waals surface area contributed by atoms with E-state index in [0.717, 1.165) is 46.7 Å². The summed E-state index contributed by atoms with van der Waals surface area (Å²) in [5, 5.41) is 11.1. The third-order valence-corrected chi connectivity index (χ3v) is 13.9. The number of hydrogen-bond donors (Lipinski definition) is 0. The van der Waals surface area contributed by atoms with Crippen molar-refractivity contribution < 1.29 is 0 Å². The summed E-state index contributed by atoms with van der Waals surface area (Å²) in [6, 6.07) is 71.2. The number of aromatic nitrogens is 2. The van der Waals surface area contributed by atoms with Crippen LogP contribution in [0.1, 0.15) is 16.9 Å². The van der Waals surface area contributed by atoms with Gasteiger partial charge in [0.25, 0.3) is 0 Å². The molecule has 4 heterocycles. The van der Waals surface area contributed by atoms with Gasteiger partial charge in [0.2, 0.25) is 0 Å². The smallest absolute Gasteiger partial charge is 0.0947 e. The van der Waals surface area contributed by atoms with Crippen LogP contribution in [-0.4, -0.2) is 14.8 Å². The number of aryl methyl sites for hydroxylation is 1. The minimum Gasteiger partial charge on any atom is -0.309 e. The van der Waals surface area contributed by atoms with Crippen LogP contribution < -0.4 is 0 Å². The van der Waals surface area contributed by atoms with E-state index < -0.39 is 0 Å². The Morgan fingerprint density at radius 1 is 0.410 bits per heavy atom. The number of thiophene rings is 1. The highest BCUT2D eigenvalue weighted by Crippen LogP contribution is 2.45. The van der Waals surface area contributed by atoms with E-state index in [2.05, 4.69) is 209 Å². The second kappa shape index (κ2) is 13.5. The van der Waals surface area contributed by atoms with E-state index in [1.54, 1.807) is 0 Å². The van der Waals surface area contributed by atoms with Crippen molar-refractivity contribution in [2.45, 2.75) is 12.8 Å². The molecule has 0 N–H and O–H groups in total. The number of aliphatic imine (C=N–C) groups is 1. The number of allylic oxidation sites excluding steroid dienone is 2. The molecule has 4 heteroatoms. The first-order chi connectivity index (χ1) is 30.2. The summed E-state index contributed by atoms with van der Waals surface area (Å²) >= 11 is 1.89. The van der Waals surface area contributed by atoms with Gasteiger partial charge in [-0.15, -0.1) is 11.3 Å². The summed E-state index contributed by atoms with van der Waals surface area (Å²) in [7, 11) is 0. The lowest BCUT2D eigenvalue weighted by atomic mass is 10.00. The fourth-order valence-corrected chi connectivity index (χ4v) is 11.1. The lowest BCUT2D eigenvalue weighted by Gasteiger charge is -2.19. The van der Waals surface area contributed by atoms with Crippen molar-refractivity contribution in [3.8, 4) is 16.8 Å². The van der Waals surface area contributed by atoms with Crippen LogP contribution in [0.25, 0.3) is 97.8 Å². The van der Waals surface area contributed by atoms with Gasteiger partial charge in [0.05, 0.1) is 39.2 Å². The number of para-hydroxylation sites is 2. The lowest BCUT2D eigenvalue weighted by Crippen LogP contribution is -2.12. The van der Waals surface area contributed by atoms with Crippen LogP contribution in [0, 0.1) is 0 Å². The summed E-state index contributed by atoms with van der Waals surface area (Å²) in [6.45, 7) is 0. The van der Waals surface area contributed by atoms with Gasteiger partial charge in [0, 0.05) is 47.8 Å². The second-order valence-corrected chi connectivity index (χ2v) is 17.4. The SMILES string of the molecule is C1=C(n2c3cc4ccccc4cc3c3cc4ccccc4cc32)\C(c2ccc3c4ccccc4n(-c4ccccc4)c3c2)=N/c2c(sc3cc(-c4ccccc4)ccc23)CC/1. The molecule has 1 aliphatic rings. The average Bonchev–Trinajstić information content (AvgIpc) is 3.93. The molecule has 0 unspecified atom stereocenters. The van der Waals surface area contributed by atoms with Crippen LogP contribution >= 0.6 is 11.3 Å². The molecule has 3 nitrogen and oxygen atoms in total. The van der Waals surface area contributed by atoms with Crippen LogP contribution in [0.4, 0.5) is 5.69 Å². The maximum Gasteiger partial charge on any atom is 0.0947 e. The van der Waals surface area contributed by atoms with E-state index in [1.165, 1.54) is 85.7 Å². The van der Waals surface area contributed by atoms with Gasteiger partial charge in [-0.25, -0.2) is 4.99 Å². The van der Waals surface area contributed by atoms with Gasteiger partial charge in [-0.1, -0.05) is 146 Å². The molecule has 0 amide bonds. The fraction of sp³-hybridized carbons (Fsp3) is 0.0351. The second-order valence-electron chi connectivity index (χ2n) is 16.2. The molecule has 0 radical (unpaired) electrons. The summed E-state index contributed by atoms with van der Waals surface area (Å²) in [4.78, 5) is 7.25. The molecule has 0 atom stereocenters. The Morgan fingerprint density at radius 2 is 0.984 bits per heavy atom. The van der Waals surface area contributed by atoms with Gasteiger partial charge in [0.15, 0.2) is 0 Å². The van der Waals surface area contributed by atoms with E-state index in [0.29, 0.717) is 0 Å².